The molecule has 1 aromatic heterocycles. The van der Waals surface area contributed by atoms with Gasteiger partial charge in [0.05, 0.1) is 13.2 Å². The minimum absolute atomic E-state index is 0.0138. The Morgan fingerprint density at radius 1 is 1.39 bits per heavy atom. The number of nitrogens with zero attached hydrogens (tertiary/aromatic N) is 3. The largest absolute Gasteiger partial charge is 0.395 e. The number of aliphatic hydroxyl groups is 1. The third-order valence-corrected chi connectivity index (χ3v) is 2.32. The molecular formula is C13H12FN3O. The van der Waals surface area contributed by atoms with Crippen molar-refractivity contribution in [2.75, 3.05) is 6.61 Å². The molecule has 0 atom stereocenters. The SMILES string of the molecule is OCCC#Cc1ccc(Cn2cncn2)c(F)c1. The van der Waals surface area contributed by atoms with Crippen LogP contribution in [-0.4, -0.2) is 26.5 Å². The zero-order valence-electron chi connectivity index (χ0n) is 9.67. The van der Waals surface area contributed by atoms with Crippen molar-refractivity contribution in [3.05, 3.63) is 47.8 Å². The van der Waals surface area contributed by atoms with Crippen molar-refractivity contribution in [3.8, 4) is 11.8 Å². The van der Waals surface area contributed by atoms with Crippen molar-refractivity contribution in [2.24, 2.45) is 0 Å². The quantitative estimate of drug-likeness (QED) is 0.827. The summed E-state index contributed by atoms with van der Waals surface area (Å²) in [6.45, 7) is 0.357. The average Bonchev–Trinajstić information content (AvgIpc) is 2.86. The summed E-state index contributed by atoms with van der Waals surface area (Å²) in [6.07, 6.45) is 3.34. The molecule has 0 spiro atoms. The highest BCUT2D eigenvalue weighted by molar-refractivity contribution is 5.37. The van der Waals surface area contributed by atoms with Gasteiger partial charge in [-0.3, -0.25) is 0 Å². The topological polar surface area (TPSA) is 50.9 Å². The summed E-state index contributed by atoms with van der Waals surface area (Å²) in [4.78, 5) is 3.80. The van der Waals surface area contributed by atoms with Crippen molar-refractivity contribution in [2.45, 2.75) is 13.0 Å². The normalized spacial score (nSPS) is 9.89. The molecule has 0 saturated carbocycles. The van der Waals surface area contributed by atoms with Gasteiger partial charge in [0.25, 0.3) is 0 Å². The van der Waals surface area contributed by atoms with E-state index in [1.54, 1.807) is 16.8 Å². The molecule has 1 heterocycles. The molecule has 2 rings (SSSR count). The number of benzene rings is 1. The number of hydrogen-bond donors (Lipinski definition) is 1. The van der Waals surface area contributed by atoms with Gasteiger partial charge in [0.15, 0.2) is 0 Å². The maximum atomic E-state index is 13.8. The Morgan fingerprint density at radius 2 is 2.28 bits per heavy atom. The molecule has 0 unspecified atom stereocenters. The van der Waals surface area contributed by atoms with E-state index in [1.807, 2.05) is 0 Å². The summed E-state index contributed by atoms with van der Waals surface area (Å²) in [5.41, 5.74) is 1.14. The zero-order valence-corrected chi connectivity index (χ0v) is 9.67. The van der Waals surface area contributed by atoms with Crippen molar-refractivity contribution in [1.29, 1.82) is 0 Å². The summed E-state index contributed by atoms with van der Waals surface area (Å²) in [7, 11) is 0. The van der Waals surface area contributed by atoms with Crippen LogP contribution in [0.1, 0.15) is 17.5 Å². The second kappa shape index (κ2) is 5.94. The Morgan fingerprint density at radius 3 is 2.94 bits per heavy atom. The summed E-state index contributed by atoms with van der Waals surface area (Å²) in [6, 6.07) is 4.82. The van der Waals surface area contributed by atoms with Gasteiger partial charge >= 0.3 is 0 Å². The van der Waals surface area contributed by atoms with Gasteiger partial charge < -0.3 is 5.11 Å². The summed E-state index contributed by atoms with van der Waals surface area (Å²) < 4.78 is 15.3. The lowest BCUT2D eigenvalue weighted by Crippen LogP contribution is -2.02. The molecule has 1 aromatic carbocycles. The van der Waals surface area contributed by atoms with E-state index in [0.29, 0.717) is 24.1 Å². The molecule has 2 aromatic rings. The van der Waals surface area contributed by atoms with Gasteiger partial charge in [-0.2, -0.15) is 5.10 Å². The lowest BCUT2D eigenvalue weighted by molar-refractivity contribution is 0.305. The van der Waals surface area contributed by atoms with Crippen LogP contribution >= 0.6 is 0 Å². The third kappa shape index (κ3) is 3.15. The molecule has 0 aliphatic rings. The van der Waals surface area contributed by atoms with Gasteiger partial charge in [-0.15, -0.1) is 0 Å². The van der Waals surface area contributed by atoms with Gasteiger partial charge in [0, 0.05) is 17.5 Å². The Labute approximate surface area is 104 Å². The van der Waals surface area contributed by atoms with E-state index >= 15 is 0 Å². The number of hydrogen-bond acceptors (Lipinski definition) is 3. The standard InChI is InChI=1S/C13H12FN3O/c14-13-7-11(3-1-2-6-18)4-5-12(13)8-17-10-15-9-16-17/h4-5,7,9-10,18H,2,6,8H2. The Hall–Kier alpha value is -2.19. The Bertz CT molecular complexity index is 570. The fourth-order valence-electron chi connectivity index (χ4n) is 1.46. The minimum Gasteiger partial charge on any atom is -0.395 e. The van der Waals surface area contributed by atoms with E-state index in [9.17, 15) is 4.39 Å². The second-order valence-electron chi connectivity index (χ2n) is 3.67. The predicted octanol–water partition coefficient (Wildman–Crippen LogP) is 1.20. The highest BCUT2D eigenvalue weighted by Crippen LogP contribution is 2.11. The Balaban J connectivity index is 2.13. The van der Waals surface area contributed by atoms with E-state index in [2.05, 4.69) is 21.9 Å². The van der Waals surface area contributed by atoms with E-state index in [1.165, 1.54) is 18.7 Å². The van der Waals surface area contributed by atoms with Crippen LogP contribution in [0.4, 0.5) is 4.39 Å². The fraction of sp³-hybridized carbons (Fsp3) is 0.231. The van der Waals surface area contributed by atoms with Crippen LogP contribution in [0, 0.1) is 17.7 Å². The number of rotatable bonds is 3. The second-order valence-corrected chi connectivity index (χ2v) is 3.67. The van der Waals surface area contributed by atoms with Gasteiger partial charge in [0.2, 0.25) is 0 Å². The molecule has 1 N–H and O–H groups in total. The molecule has 4 nitrogen and oxygen atoms in total. The molecule has 92 valence electrons. The maximum absolute atomic E-state index is 13.8. The Kier molecular flexibility index (Phi) is 4.05. The summed E-state index contributed by atoms with van der Waals surface area (Å²) in [5, 5.41) is 12.5. The highest BCUT2D eigenvalue weighted by Gasteiger charge is 2.03. The minimum atomic E-state index is -0.318. The number of aromatic nitrogens is 3. The van der Waals surface area contributed by atoms with Crippen LogP contribution in [0.3, 0.4) is 0 Å². The van der Waals surface area contributed by atoms with E-state index in [0.717, 1.165) is 0 Å². The summed E-state index contributed by atoms with van der Waals surface area (Å²) in [5.74, 6) is 5.22. The first-order valence-corrected chi connectivity index (χ1v) is 5.50. The van der Waals surface area contributed by atoms with Crippen LogP contribution < -0.4 is 0 Å². The van der Waals surface area contributed by atoms with Crippen molar-refractivity contribution < 1.29 is 9.50 Å². The number of halogens is 1. The summed E-state index contributed by atoms with van der Waals surface area (Å²) >= 11 is 0. The van der Waals surface area contributed by atoms with Crippen molar-refractivity contribution in [3.63, 3.8) is 0 Å². The van der Waals surface area contributed by atoms with E-state index in [4.69, 9.17) is 5.11 Å². The first kappa shape index (κ1) is 12.3. The third-order valence-electron chi connectivity index (χ3n) is 2.32. The monoisotopic (exact) mass is 245 g/mol. The van der Waals surface area contributed by atoms with Crippen LogP contribution in [0.25, 0.3) is 0 Å². The van der Waals surface area contributed by atoms with Gasteiger partial charge in [-0.05, 0) is 12.1 Å². The lowest BCUT2D eigenvalue weighted by Gasteiger charge is -2.03. The number of aliphatic hydroxyl groups excluding tert-OH is 1. The maximum Gasteiger partial charge on any atom is 0.137 e. The van der Waals surface area contributed by atoms with Crippen LogP contribution in [0.5, 0.6) is 0 Å². The average molecular weight is 245 g/mol. The van der Waals surface area contributed by atoms with Crippen molar-refractivity contribution in [1.82, 2.24) is 14.8 Å². The first-order chi connectivity index (χ1) is 8.79. The van der Waals surface area contributed by atoms with Crippen LogP contribution in [0.2, 0.25) is 0 Å². The molecule has 0 bridgehead atoms. The predicted molar refractivity (Wildman–Crippen MR) is 64.1 cm³/mol. The highest BCUT2D eigenvalue weighted by atomic mass is 19.1. The van der Waals surface area contributed by atoms with Gasteiger partial charge in [0.1, 0.15) is 18.5 Å². The zero-order chi connectivity index (χ0) is 12.8. The van der Waals surface area contributed by atoms with Crippen LogP contribution in [0.15, 0.2) is 30.9 Å². The molecule has 0 amide bonds. The van der Waals surface area contributed by atoms with Gasteiger partial charge in [-0.25, -0.2) is 14.1 Å². The molecule has 18 heavy (non-hydrogen) atoms. The lowest BCUT2D eigenvalue weighted by atomic mass is 10.1. The van der Waals surface area contributed by atoms with Gasteiger partial charge in [-0.1, -0.05) is 17.9 Å². The van der Waals surface area contributed by atoms with Crippen molar-refractivity contribution >= 4 is 0 Å². The molecule has 0 fully saturated rings. The van der Waals surface area contributed by atoms with Crippen LogP contribution in [-0.2, 0) is 6.54 Å². The smallest absolute Gasteiger partial charge is 0.137 e. The molecule has 0 aliphatic carbocycles. The molecule has 0 aliphatic heterocycles. The molecule has 5 heteroatoms. The van der Waals surface area contributed by atoms with E-state index in [-0.39, 0.29) is 12.4 Å². The fourth-order valence-corrected chi connectivity index (χ4v) is 1.46. The molecular weight excluding hydrogens is 233 g/mol. The molecule has 0 saturated heterocycles. The molecule has 0 radical (unpaired) electrons. The first-order valence-electron chi connectivity index (χ1n) is 5.50. The van der Waals surface area contributed by atoms with E-state index < -0.39 is 0 Å².